The maximum absolute atomic E-state index is 3.63. The first-order valence-electron chi connectivity index (χ1n) is 6.61. The van der Waals surface area contributed by atoms with E-state index in [1.54, 1.807) is 0 Å². The monoisotopic (exact) mass is 210 g/mol. The van der Waals surface area contributed by atoms with E-state index in [9.17, 15) is 0 Å². The van der Waals surface area contributed by atoms with E-state index in [2.05, 4.69) is 31.0 Å². The van der Waals surface area contributed by atoms with Gasteiger partial charge in [-0.1, -0.05) is 20.8 Å². The second-order valence-electron chi connectivity index (χ2n) is 5.96. The van der Waals surface area contributed by atoms with Crippen molar-refractivity contribution in [3.63, 3.8) is 0 Å². The minimum Gasteiger partial charge on any atom is -0.314 e. The highest BCUT2D eigenvalue weighted by molar-refractivity contribution is 4.83. The van der Waals surface area contributed by atoms with Crippen LogP contribution in [0.5, 0.6) is 0 Å². The molecule has 2 fully saturated rings. The molecule has 0 spiro atoms. The van der Waals surface area contributed by atoms with E-state index in [0.717, 1.165) is 23.8 Å². The van der Waals surface area contributed by atoms with E-state index in [1.165, 1.54) is 39.0 Å². The third kappa shape index (κ3) is 3.46. The molecule has 0 aromatic rings. The first kappa shape index (κ1) is 11.4. The van der Waals surface area contributed by atoms with Gasteiger partial charge >= 0.3 is 0 Å². The summed E-state index contributed by atoms with van der Waals surface area (Å²) in [6, 6.07) is 0.865. The van der Waals surface area contributed by atoms with Gasteiger partial charge < -0.3 is 10.2 Å². The molecule has 0 aromatic heterocycles. The van der Waals surface area contributed by atoms with Crippen LogP contribution in [-0.2, 0) is 0 Å². The van der Waals surface area contributed by atoms with Gasteiger partial charge in [-0.15, -0.1) is 0 Å². The molecule has 2 rings (SSSR count). The molecule has 15 heavy (non-hydrogen) atoms. The molecule has 3 atom stereocenters. The van der Waals surface area contributed by atoms with Gasteiger partial charge in [0.2, 0.25) is 0 Å². The van der Waals surface area contributed by atoms with Crippen molar-refractivity contribution in [2.24, 2.45) is 17.8 Å². The first-order chi connectivity index (χ1) is 7.15. The summed E-state index contributed by atoms with van der Waals surface area (Å²) in [5.74, 6) is 2.60. The Hall–Kier alpha value is -0.0800. The fourth-order valence-electron chi connectivity index (χ4n) is 2.56. The van der Waals surface area contributed by atoms with Gasteiger partial charge in [-0.05, 0) is 37.1 Å². The van der Waals surface area contributed by atoms with Crippen molar-refractivity contribution < 1.29 is 0 Å². The number of likely N-dealkylation sites (tertiary alicyclic amines) is 1. The molecular weight excluding hydrogens is 184 g/mol. The molecule has 1 aliphatic heterocycles. The highest BCUT2D eigenvalue weighted by Gasteiger charge is 2.27. The third-order valence-corrected chi connectivity index (χ3v) is 3.97. The average Bonchev–Trinajstić information content (AvgIpc) is 2.93. The standard InChI is InChI=1S/C13H26N2/c1-10(6-14-13-4-5-13)7-15-8-11(2)12(3)9-15/h10-14H,4-9H2,1-3H3. The topological polar surface area (TPSA) is 15.3 Å². The number of nitrogens with zero attached hydrogens (tertiary/aromatic N) is 1. The molecule has 2 aliphatic rings. The Kier molecular flexibility index (Phi) is 3.68. The summed E-state index contributed by atoms with van der Waals surface area (Å²) in [6.07, 6.45) is 2.81. The van der Waals surface area contributed by atoms with Gasteiger partial charge in [0.1, 0.15) is 0 Å². The largest absolute Gasteiger partial charge is 0.314 e. The highest BCUT2D eigenvalue weighted by Crippen LogP contribution is 2.23. The molecule has 1 aliphatic carbocycles. The molecule has 0 radical (unpaired) electrons. The summed E-state index contributed by atoms with van der Waals surface area (Å²) in [4.78, 5) is 2.65. The third-order valence-electron chi connectivity index (χ3n) is 3.97. The normalized spacial score (nSPS) is 34.6. The molecule has 2 heteroatoms. The van der Waals surface area contributed by atoms with E-state index < -0.39 is 0 Å². The van der Waals surface area contributed by atoms with E-state index >= 15 is 0 Å². The highest BCUT2D eigenvalue weighted by atomic mass is 15.2. The van der Waals surface area contributed by atoms with Gasteiger partial charge in [-0.2, -0.15) is 0 Å². The van der Waals surface area contributed by atoms with Crippen LogP contribution in [0.2, 0.25) is 0 Å². The van der Waals surface area contributed by atoms with Crippen LogP contribution in [0.1, 0.15) is 33.6 Å². The predicted molar refractivity (Wildman–Crippen MR) is 65.0 cm³/mol. The van der Waals surface area contributed by atoms with Gasteiger partial charge in [-0.3, -0.25) is 0 Å². The minimum absolute atomic E-state index is 0.808. The molecular formula is C13H26N2. The second-order valence-corrected chi connectivity index (χ2v) is 5.96. The Labute approximate surface area is 94.4 Å². The lowest BCUT2D eigenvalue weighted by Crippen LogP contribution is -2.33. The lowest BCUT2D eigenvalue weighted by molar-refractivity contribution is 0.272. The Morgan fingerprint density at radius 3 is 2.33 bits per heavy atom. The summed E-state index contributed by atoms with van der Waals surface area (Å²) in [6.45, 7) is 12.3. The van der Waals surface area contributed by atoms with Crippen molar-refractivity contribution in [1.29, 1.82) is 0 Å². The number of rotatable bonds is 5. The molecule has 88 valence electrons. The van der Waals surface area contributed by atoms with E-state index in [1.807, 2.05) is 0 Å². The molecule has 0 bridgehead atoms. The van der Waals surface area contributed by atoms with Gasteiger partial charge in [0.15, 0.2) is 0 Å². The van der Waals surface area contributed by atoms with Crippen LogP contribution in [0.15, 0.2) is 0 Å². The fraction of sp³-hybridized carbons (Fsp3) is 1.00. The van der Waals surface area contributed by atoms with Crippen LogP contribution in [0.4, 0.5) is 0 Å². The number of hydrogen-bond donors (Lipinski definition) is 1. The van der Waals surface area contributed by atoms with E-state index in [-0.39, 0.29) is 0 Å². The lowest BCUT2D eigenvalue weighted by Gasteiger charge is -2.21. The zero-order chi connectivity index (χ0) is 10.8. The van der Waals surface area contributed by atoms with Gasteiger partial charge in [-0.25, -0.2) is 0 Å². The van der Waals surface area contributed by atoms with Crippen LogP contribution in [0.3, 0.4) is 0 Å². The zero-order valence-corrected chi connectivity index (χ0v) is 10.5. The smallest absolute Gasteiger partial charge is 0.00683 e. The molecule has 0 amide bonds. The Bertz CT molecular complexity index is 191. The van der Waals surface area contributed by atoms with Crippen LogP contribution in [0.25, 0.3) is 0 Å². The second kappa shape index (κ2) is 4.84. The molecule has 1 saturated carbocycles. The van der Waals surface area contributed by atoms with Crippen LogP contribution in [-0.4, -0.2) is 37.1 Å². The van der Waals surface area contributed by atoms with Crippen LogP contribution >= 0.6 is 0 Å². The molecule has 0 aromatic carbocycles. The molecule has 1 saturated heterocycles. The average molecular weight is 210 g/mol. The SMILES string of the molecule is CC(CNC1CC1)CN1CC(C)C(C)C1. The zero-order valence-electron chi connectivity index (χ0n) is 10.5. The van der Waals surface area contributed by atoms with Crippen molar-refractivity contribution in [3.8, 4) is 0 Å². The maximum Gasteiger partial charge on any atom is 0.00683 e. The summed E-state index contributed by atoms with van der Waals surface area (Å²) >= 11 is 0. The van der Waals surface area contributed by atoms with Crippen molar-refractivity contribution >= 4 is 0 Å². The predicted octanol–water partition coefficient (Wildman–Crippen LogP) is 1.96. The summed E-state index contributed by atoms with van der Waals surface area (Å²) in [5.41, 5.74) is 0. The molecule has 1 N–H and O–H groups in total. The van der Waals surface area contributed by atoms with E-state index in [4.69, 9.17) is 0 Å². The molecule has 3 unspecified atom stereocenters. The molecule has 2 nitrogen and oxygen atoms in total. The quantitative estimate of drug-likeness (QED) is 0.746. The van der Waals surface area contributed by atoms with Crippen molar-refractivity contribution in [2.75, 3.05) is 26.2 Å². The van der Waals surface area contributed by atoms with Crippen LogP contribution < -0.4 is 5.32 Å². The Balaban J connectivity index is 1.62. The molecule has 1 heterocycles. The first-order valence-corrected chi connectivity index (χ1v) is 6.61. The fourth-order valence-corrected chi connectivity index (χ4v) is 2.56. The lowest BCUT2D eigenvalue weighted by atomic mass is 10.0. The maximum atomic E-state index is 3.63. The Morgan fingerprint density at radius 2 is 1.80 bits per heavy atom. The summed E-state index contributed by atoms with van der Waals surface area (Å²) in [5, 5.41) is 3.63. The minimum atomic E-state index is 0.808. The summed E-state index contributed by atoms with van der Waals surface area (Å²) in [7, 11) is 0. The van der Waals surface area contributed by atoms with Crippen molar-refractivity contribution in [3.05, 3.63) is 0 Å². The van der Waals surface area contributed by atoms with Gasteiger partial charge in [0, 0.05) is 25.7 Å². The summed E-state index contributed by atoms with van der Waals surface area (Å²) < 4.78 is 0. The van der Waals surface area contributed by atoms with E-state index in [0.29, 0.717) is 0 Å². The van der Waals surface area contributed by atoms with Gasteiger partial charge in [0.25, 0.3) is 0 Å². The van der Waals surface area contributed by atoms with Crippen molar-refractivity contribution in [1.82, 2.24) is 10.2 Å². The Morgan fingerprint density at radius 1 is 1.20 bits per heavy atom. The number of nitrogens with one attached hydrogen (secondary N) is 1. The number of hydrogen-bond acceptors (Lipinski definition) is 2. The van der Waals surface area contributed by atoms with Crippen molar-refractivity contribution in [2.45, 2.75) is 39.7 Å². The van der Waals surface area contributed by atoms with Crippen LogP contribution in [0, 0.1) is 17.8 Å². The van der Waals surface area contributed by atoms with Gasteiger partial charge in [0.05, 0.1) is 0 Å².